The number of hydrogen-bond donors (Lipinski definition) is 1. The predicted octanol–water partition coefficient (Wildman–Crippen LogP) is 4.07. The largest absolute Gasteiger partial charge is 0.496 e. The molecule has 204 valence electrons. The number of carbonyl (C=O) groups excluding carboxylic acids is 1. The number of thiazole rings is 1. The maximum absolute atomic E-state index is 13.8. The van der Waals surface area contributed by atoms with E-state index in [0.717, 1.165) is 0 Å². The number of rotatable bonds is 8. The lowest BCUT2D eigenvalue weighted by Crippen LogP contribution is -2.40. The first-order chi connectivity index (χ1) is 18.5. The van der Waals surface area contributed by atoms with E-state index in [1.165, 1.54) is 23.0 Å². The number of fused-ring (bicyclic) bond motifs is 1. The summed E-state index contributed by atoms with van der Waals surface area (Å²) >= 11 is 10.9. The summed E-state index contributed by atoms with van der Waals surface area (Å²) in [5.74, 6) is -0.879. The Morgan fingerprint density at radius 2 is 1.95 bits per heavy atom. The molecule has 0 bridgehead atoms. The topological polar surface area (TPSA) is 116 Å². The normalized spacial score (nSPS) is 15.2. The van der Waals surface area contributed by atoms with Crippen molar-refractivity contribution >= 4 is 56.9 Å². The molecule has 0 saturated heterocycles. The zero-order valence-electron chi connectivity index (χ0n) is 21.4. The first-order valence-corrected chi connectivity index (χ1v) is 13.7. The second-order valence-corrected chi connectivity index (χ2v) is 11.1. The highest BCUT2D eigenvalue weighted by Gasteiger charge is 2.35. The van der Waals surface area contributed by atoms with Crippen molar-refractivity contribution < 1.29 is 28.9 Å². The Balaban J connectivity index is 1.90. The summed E-state index contributed by atoms with van der Waals surface area (Å²) in [6.07, 6.45) is 1.30. The number of allylic oxidation sites excluding steroid dienone is 1. The van der Waals surface area contributed by atoms with Crippen LogP contribution in [0.25, 0.3) is 6.08 Å². The summed E-state index contributed by atoms with van der Waals surface area (Å²) in [6.45, 7) is 4.71. The molecule has 9 nitrogen and oxygen atoms in total. The summed E-state index contributed by atoms with van der Waals surface area (Å²) < 4.78 is 18.7. The highest BCUT2D eigenvalue weighted by molar-refractivity contribution is 9.10. The number of methoxy groups -OCH3 is 1. The van der Waals surface area contributed by atoms with E-state index in [2.05, 4.69) is 20.9 Å². The molecule has 2 aromatic carbocycles. The highest BCUT2D eigenvalue weighted by atomic mass is 79.9. The fraction of sp³-hybridized carbons (Fsp3) is 0.259. The van der Waals surface area contributed by atoms with Crippen molar-refractivity contribution in [2.75, 3.05) is 13.7 Å². The number of aromatic nitrogens is 1. The van der Waals surface area contributed by atoms with E-state index in [0.29, 0.717) is 47.2 Å². The van der Waals surface area contributed by atoms with Gasteiger partial charge in [-0.1, -0.05) is 29.0 Å². The predicted molar refractivity (Wildman–Crippen MR) is 150 cm³/mol. The van der Waals surface area contributed by atoms with Crippen LogP contribution in [0.15, 0.2) is 61.9 Å². The highest BCUT2D eigenvalue weighted by Crippen LogP contribution is 2.37. The van der Waals surface area contributed by atoms with Crippen LogP contribution in [0, 0.1) is 0 Å². The van der Waals surface area contributed by atoms with E-state index in [4.69, 9.17) is 30.9 Å². The van der Waals surface area contributed by atoms with Crippen molar-refractivity contribution in [3.05, 3.63) is 88.0 Å². The molecule has 1 aliphatic rings. The quantitative estimate of drug-likeness (QED) is 0.371. The summed E-state index contributed by atoms with van der Waals surface area (Å²) in [4.78, 5) is 42.9. The Hall–Kier alpha value is -3.41. The lowest BCUT2D eigenvalue weighted by Gasteiger charge is -2.26. The van der Waals surface area contributed by atoms with Gasteiger partial charge in [0, 0.05) is 10.6 Å². The number of ether oxygens (including phenoxy) is 3. The molecule has 0 amide bonds. The first kappa shape index (κ1) is 28.6. The van der Waals surface area contributed by atoms with Crippen LogP contribution in [0.2, 0.25) is 5.02 Å². The third kappa shape index (κ3) is 6.10. The second-order valence-electron chi connectivity index (χ2n) is 8.79. The molecule has 39 heavy (non-hydrogen) atoms. The number of carbonyl (C=O) groups is 2. The molecule has 0 unspecified atom stereocenters. The van der Waals surface area contributed by atoms with Crippen molar-refractivity contribution in [3.63, 3.8) is 0 Å². The Morgan fingerprint density at radius 1 is 1.23 bits per heavy atom. The standard InChI is InChI=1S/C27H24BrClN2O7S/c1-13(2)38-26(35)23-14(3)30-27-31(24(23)17-11-16(29)6-8-19(17)36-4)25(34)21(39-27)10-15-5-7-20(18(28)9-15)37-12-22(32)33/h5-11,13,24H,12H2,1-4H3,(H,32,33)/b21-10-/t24-/m0/s1. The molecule has 0 fully saturated rings. The van der Waals surface area contributed by atoms with Crippen LogP contribution in [-0.2, 0) is 14.3 Å². The monoisotopic (exact) mass is 634 g/mol. The van der Waals surface area contributed by atoms with Crippen LogP contribution in [0.4, 0.5) is 0 Å². The average molecular weight is 636 g/mol. The molecule has 3 aromatic rings. The van der Waals surface area contributed by atoms with Crippen LogP contribution >= 0.6 is 38.9 Å². The van der Waals surface area contributed by atoms with Gasteiger partial charge in [0.25, 0.3) is 5.56 Å². The zero-order valence-corrected chi connectivity index (χ0v) is 24.5. The van der Waals surface area contributed by atoms with Gasteiger partial charge in [-0.15, -0.1) is 0 Å². The van der Waals surface area contributed by atoms with Crippen LogP contribution in [-0.4, -0.2) is 41.4 Å². The molecule has 0 radical (unpaired) electrons. The van der Waals surface area contributed by atoms with E-state index in [-0.39, 0.29) is 17.2 Å². The molecule has 1 atom stereocenters. The first-order valence-electron chi connectivity index (χ1n) is 11.7. The SMILES string of the molecule is COc1ccc(Cl)cc1[C@H]1C(C(=O)OC(C)C)=C(C)N=c2s/c(=C\c3ccc(OCC(=O)O)c(Br)c3)c(=O)n21. The number of aliphatic carboxylic acids is 1. The summed E-state index contributed by atoms with van der Waals surface area (Å²) in [5, 5.41) is 9.26. The van der Waals surface area contributed by atoms with Gasteiger partial charge in [-0.3, -0.25) is 9.36 Å². The molecule has 1 aliphatic heterocycles. The molecular weight excluding hydrogens is 612 g/mol. The van der Waals surface area contributed by atoms with E-state index >= 15 is 0 Å². The Morgan fingerprint density at radius 3 is 2.59 bits per heavy atom. The van der Waals surface area contributed by atoms with Gasteiger partial charge in [-0.05, 0) is 78.7 Å². The van der Waals surface area contributed by atoms with Gasteiger partial charge >= 0.3 is 11.9 Å². The number of carboxylic acid groups (broad SMARTS) is 1. The molecule has 1 aromatic heterocycles. The number of nitrogens with zero attached hydrogens (tertiary/aromatic N) is 2. The van der Waals surface area contributed by atoms with Crippen molar-refractivity contribution in [1.29, 1.82) is 0 Å². The van der Waals surface area contributed by atoms with Crippen molar-refractivity contribution in [1.82, 2.24) is 4.57 Å². The van der Waals surface area contributed by atoms with Gasteiger partial charge in [0.05, 0.1) is 33.5 Å². The lowest BCUT2D eigenvalue weighted by atomic mass is 9.95. The van der Waals surface area contributed by atoms with E-state index in [1.807, 2.05) is 0 Å². The van der Waals surface area contributed by atoms with Gasteiger partial charge in [0.2, 0.25) is 0 Å². The van der Waals surface area contributed by atoms with Crippen LogP contribution < -0.4 is 24.4 Å². The molecule has 4 rings (SSSR count). The third-order valence-corrected chi connectivity index (χ3v) is 7.51. The minimum atomic E-state index is -1.09. The number of esters is 1. The zero-order chi connectivity index (χ0) is 28.4. The van der Waals surface area contributed by atoms with E-state index in [9.17, 15) is 14.4 Å². The van der Waals surface area contributed by atoms with Crippen LogP contribution in [0.1, 0.15) is 37.9 Å². The molecule has 0 aliphatic carbocycles. The summed E-state index contributed by atoms with van der Waals surface area (Å²) in [6, 6.07) is 9.15. The van der Waals surface area contributed by atoms with Gasteiger partial charge in [-0.2, -0.15) is 0 Å². The maximum atomic E-state index is 13.8. The lowest BCUT2D eigenvalue weighted by molar-refractivity contribution is -0.143. The minimum Gasteiger partial charge on any atom is -0.496 e. The second kappa shape index (κ2) is 11.8. The molecule has 2 heterocycles. The average Bonchev–Trinajstić information content (AvgIpc) is 3.16. The molecule has 1 N–H and O–H groups in total. The molecule has 12 heteroatoms. The number of carboxylic acids is 1. The smallest absolute Gasteiger partial charge is 0.341 e. The van der Waals surface area contributed by atoms with Crippen LogP contribution in [0.5, 0.6) is 11.5 Å². The fourth-order valence-electron chi connectivity index (χ4n) is 4.09. The molecular formula is C27H24BrClN2O7S. The number of hydrogen-bond acceptors (Lipinski definition) is 8. The maximum Gasteiger partial charge on any atom is 0.341 e. The van der Waals surface area contributed by atoms with Crippen molar-refractivity contribution in [2.45, 2.75) is 32.9 Å². The van der Waals surface area contributed by atoms with E-state index in [1.54, 1.807) is 63.2 Å². The Bertz CT molecular complexity index is 1680. The van der Waals surface area contributed by atoms with Gasteiger partial charge < -0.3 is 19.3 Å². The van der Waals surface area contributed by atoms with Gasteiger partial charge in [0.15, 0.2) is 11.4 Å². The van der Waals surface area contributed by atoms with Crippen molar-refractivity contribution in [2.24, 2.45) is 4.99 Å². The van der Waals surface area contributed by atoms with Crippen molar-refractivity contribution in [3.8, 4) is 11.5 Å². The Labute approximate surface area is 240 Å². The summed E-state index contributed by atoms with van der Waals surface area (Å²) in [7, 11) is 1.50. The fourth-order valence-corrected chi connectivity index (χ4v) is 5.83. The molecule has 0 spiro atoms. The van der Waals surface area contributed by atoms with Gasteiger partial charge in [-0.25, -0.2) is 14.6 Å². The summed E-state index contributed by atoms with van der Waals surface area (Å²) in [5.41, 5.74) is 1.46. The number of benzene rings is 2. The number of halogens is 2. The minimum absolute atomic E-state index is 0.214. The van der Waals surface area contributed by atoms with Crippen LogP contribution in [0.3, 0.4) is 0 Å². The van der Waals surface area contributed by atoms with E-state index < -0.39 is 24.6 Å². The third-order valence-electron chi connectivity index (χ3n) is 5.68. The molecule has 0 saturated carbocycles. The van der Waals surface area contributed by atoms with Gasteiger partial charge in [0.1, 0.15) is 17.5 Å². The Kier molecular flexibility index (Phi) is 8.63.